The van der Waals surface area contributed by atoms with Crippen LogP contribution in [0.15, 0.2) is 72.3 Å². The molecule has 7 heteroatoms. The minimum Gasteiger partial charge on any atom is -0.507 e. The highest BCUT2D eigenvalue weighted by Gasteiger charge is 2.48. The SMILES string of the molecule is CCOc1ccc(/C(O)=C2\C(=O)C(=O)N(c3nc4ccc(CC)cc4s3)[C@@H]2c2ccc(C(C)(C)C)cc2)cc1. The average molecular weight is 541 g/mol. The lowest BCUT2D eigenvalue weighted by atomic mass is 9.85. The molecule has 6 nitrogen and oxygen atoms in total. The highest BCUT2D eigenvalue weighted by atomic mass is 32.1. The van der Waals surface area contributed by atoms with E-state index in [0.717, 1.165) is 27.8 Å². The number of aromatic nitrogens is 1. The zero-order valence-electron chi connectivity index (χ0n) is 22.8. The monoisotopic (exact) mass is 540 g/mol. The van der Waals surface area contributed by atoms with Crippen molar-refractivity contribution < 1.29 is 19.4 Å². The molecule has 1 aliphatic rings. The number of aliphatic hydroxyl groups excluding tert-OH is 1. The maximum atomic E-state index is 13.6. The van der Waals surface area contributed by atoms with E-state index in [1.807, 2.05) is 43.3 Å². The van der Waals surface area contributed by atoms with Gasteiger partial charge in [-0.25, -0.2) is 4.98 Å². The summed E-state index contributed by atoms with van der Waals surface area (Å²) in [6.07, 6.45) is 0.885. The van der Waals surface area contributed by atoms with Crippen molar-refractivity contribution in [2.45, 2.75) is 52.5 Å². The van der Waals surface area contributed by atoms with Crippen LogP contribution in [0, 0.1) is 0 Å². The van der Waals surface area contributed by atoms with Crippen LogP contribution in [-0.4, -0.2) is 28.4 Å². The Hall–Kier alpha value is -3.97. The van der Waals surface area contributed by atoms with Crippen LogP contribution < -0.4 is 9.64 Å². The molecule has 4 aromatic rings. The molecule has 2 heterocycles. The highest BCUT2D eigenvalue weighted by Crippen LogP contribution is 2.44. The summed E-state index contributed by atoms with van der Waals surface area (Å²) in [6.45, 7) is 10.9. The first-order chi connectivity index (χ1) is 18.6. The molecule has 1 amide bonds. The zero-order valence-corrected chi connectivity index (χ0v) is 23.6. The van der Waals surface area contributed by atoms with E-state index >= 15 is 0 Å². The van der Waals surface area contributed by atoms with Gasteiger partial charge < -0.3 is 9.84 Å². The minimum atomic E-state index is -0.822. The molecule has 1 aromatic heterocycles. The van der Waals surface area contributed by atoms with Crippen molar-refractivity contribution in [3.8, 4) is 5.75 Å². The Morgan fingerprint density at radius 1 is 1.00 bits per heavy atom. The molecule has 3 aromatic carbocycles. The Labute approximate surface area is 232 Å². The number of fused-ring (bicyclic) bond motifs is 1. The average Bonchev–Trinajstić information content (AvgIpc) is 3.46. The van der Waals surface area contributed by atoms with Gasteiger partial charge in [-0.1, -0.05) is 69.4 Å². The number of ketones is 1. The maximum Gasteiger partial charge on any atom is 0.301 e. The van der Waals surface area contributed by atoms with Crippen molar-refractivity contribution in [1.29, 1.82) is 0 Å². The van der Waals surface area contributed by atoms with E-state index < -0.39 is 17.7 Å². The van der Waals surface area contributed by atoms with Crippen LogP contribution in [0.4, 0.5) is 5.13 Å². The molecule has 39 heavy (non-hydrogen) atoms. The van der Waals surface area contributed by atoms with Gasteiger partial charge in [0.2, 0.25) is 0 Å². The van der Waals surface area contributed by atoms with Crippen LogP contribution in [0.3, 0.4) is 0 Å². The number of aliphatic hydroxyl groups is 1. The fourth-order valence-corrected chi connectivity index (χ4v) is 5.88. The molecule has 1 aliphatic heterocycles. The first-order valence-electron chi connectivity index (χ1n) is 13.2. The summed E-state index contributed by atoms with van der Waals surface area (Å²) in [5.74, 6) is -1.01. The van der Waals surface area contributed by atoms with Gasteiger partial charge >= 0.3 is 5.91 Å². The van der Waals surface area contributed by atoms with Crippen LogP contribution in [-0.2, 0) is 21.4 Å². The van der Waals surface area contributed by atoms with Crippen LogP contribution >= 0.6 is 11.3 Å². The molecule has 1 fully saturated rings. The summed E-state index contributed by atoms with van der Waals surface area (Å²) in [4.78, 5) is 33.3. The number of rotatable bonds is 6. The smallest absolute Gasteiger partial charge is 0.301 e. The molecule has 1 saturated heterocycles. The van der Waals surface area contributed by atoms with E-state index in [9.17, 15) is 14.7 Å². The molecule has 0 aliphatic carbocycles. The van der Waals surface area contributed by atoms with Gasteiger partial charge in [0, 0.05) is 5.56 Å². The number of Topliss-reactive ketones (excluding diaryl/α,β-unsaturated/α-hetero) is 1. The van der Waals surface area contributed by atoms with Crippen molar-refractivity contribution in [3.63, 3.8) is 0 Å². The highest BCUT2D eigenvalue weighted by molar-refractivity contribution is 7.22. The van der Waals surface area contributed by atoms with Gasteiger partial charge in [0.1, 0.15) is 11.5 Å². The number of aryl methyl sites for hydroxylation is 1. The van der Waals surface area contributed by atoms with Crippen molar-refractivity contribution in [2.24, 2.45) is 0 Å². The summed E-state index contributed by atoms with van der Waals surface area (Å²) in [5.41, 5.74) is 4.20. The van der Waals surface area contributed by atoms with E-state index in [1.54, 1.807) is 24.3 Å². The lowest BCUT2D eigenvalue weighted by Gasteiger charge is -2.24. The van der Waals surface area contributed by atoms with Gasteiger partial charge in [-0.05, 0) is 71.8 Å². The second kappa shape index (κ2) is 10.3. The van der Waals surface area contributed by atoms with Gasteiger partial charge in [0.25, 0.3) is 5.78 Å². The normalized spacial score (nSPS) is 17.3. The van der Waals surface area contributed by atoms with Crippen molar-refractivity contribution in [3.05, 3.63) is 94.6 Å². The summed E-state index contributed by atoms with van der Waals surface area (Å²) in [7, 11) is 0. The molecule has 5 rings (SSSR count). The minimum absolute atomic E-state index is 0.0428. The number of thiazole rings is 1. The number of nitrogens with zero attached hydrogens (tertiary/aromatic N) is 2. The van der Waals surface area contributed by atoms with E-state index in [-0.39, 0.29) is 16.7 Å². The van der Waals surface area contributed by atoms with E-state index in [0.29, 0.717) is 23.1 Å². The molecular weight excluding hydrogens is 508 g/mol. The predicted octanol–water partition coefficient (Wildman–Crippen LogP) is 7.18. The van der Waals surface area contributed by atoms with E-state index in [2.05, 4.69) is 33.8 Å². The van der Waals surface area contributed by atoms with Gasteiger partial charge in [-0.15, -0.1) is 0 Å². The van der Waals surface area contributed by atoms with Crippen LogP contribution in [0.5, 0.6) is 5.75 Å². The zero-order chi connectivity index (χ0) is 27.9. The van der Waals surface area contributed by atoms with Crippen molar-refractivity contribution in [1.82, 2.24) is 4.98 Å². The Morgan fingerprint density at radius 2 is 1.69 bits per heavy atom. The number of carbonyl (C=O) groups is 2. The Bertz CT molecular complexity index is 1580. The summed E-state index contributed by atoms with van der Waals surface area (Å²) >= 11 is 1.37. The van der Waals surface area contributed by atoms with Gasteiger partial charge in [0.05, 0.1) is 28.4 Å². The van der Waals surface area contributed by atoms with Gasteiger partial charge in [-0.2, -0.15) is 0 Å². The fraction of sp³-hybridized carbons (Fsp3) is 0.281. The lowest BCUT2D eigenvalue weighted by molar-refractivity contribution is -0.132. The van der Waals surface area contributed by atoms with Crippen molar-refractivity contribution in [2.75, 3.05) is 11.5 Å². The number of hydrogen-bond donors (Lipinski definition) is 1. The number of ether oxygens (including phenoxy) is 1. The molecular formula is C32H32N2O4S. The summed E-state index contributed by atoms with van der Waals surface area (Å²) in [6, 6.07) is 20.0. The second-order valence-electron chi connectivity index (χ2n) is 10.7. The van der Waals surface area contributed by atoms with E-state index in [4.69, 9.17) is 9.72 Å². The molecule has 1 N–H and O–H groups in total. The second-order valence-corrected chi connectivity index (χ2v) is 11.7. The Balaban J connectivity index is 1.67. The largest absolute Gasteiger partial charge is 0.507 e. The molecule has 0 unspecified atom stereocenters. The lowest BCUT2D eigenvalue weighted by Crippen LogP contribution is -2.29. The molecule has 200 valence electrons. The summed E-state index contributed by atoms with van der Waals surface area (Å²) < 4.78 is 6.46. The molecule has 1 atom stereocenters. The fourth-order valence-electron chi connectivity index (χ4n) is 4.82. The molecule has 0 radical (unpaired) electrons. The third-order valence-corrected chi connectivity index (χ3v) is 8.05. The molecule has 0 saturated carbocycles. The summed E-state index contributed by atoms with van der Waals surface area (Å²) in [5, 5.41) is 11.9. The first kappa shape index (κ1) is 26.6. The standard InChI is InChI=1S/C32H32N2O4S/c1-6-19-8-17-24-25(18-19)39-31(33-24)34-27(20-9-13-22(14-10-20)32(3,4)5)26(29(36)30(34)37)28(35)21-11-15-23(16-12-21)38-7-2/h8-18,27,35H,6-7H2,1-5H3/b28-26+/t27-/m1/s1. The number of hydrogen-bond acceptors (Lipinski definition) is 6. The number of carbonyl (C=O) groups excluding carboxylic acids is 2. The number of anilines is 1. The molecule has 0 spiro atoms. The Kier molecular flexibility index (Phi) is 7.03. The molecule has 0 bridgehead atoms. The van der Waals surface area contributed by atoms with Gasteiger partial charge in [0.15, 0.2) is 5.13 Å². The first-order valence-corrected chi connectivity index (χ1v) is 14.0. The third-order valence-electron chi connectivity index (χ3n) is 7.03. The number of amides is 1. The van der Waals surface area contributed by atoms with E-state index in [1.165, 1.54) is 21.8 Å². The predicted molar refractivity (Wildman–Crippen MR) is 157 cm³/mol. The maximum absolute atomic E-state index is 13.6. The number of benzene rings is 3. The quantitative estimate of drug-likeness (QED) is 0.159. The topological polar surface area (TPSA) is 79.7 Å². The van der Waals surface area contributed by atoms with Crippen molar-refractivity contribution >= 4 is 44.1 Å². The van der Waals surface area contributed by atoms with Crippen LogP contribution in [0.25, 0.3) is 16.0 Å². The Morgan fingerprint density at radius 3 is 2.31 bits per heavy atom. The van der Waals surface area contributed by atoms with Gasteiger partial charge in [-0.3, -0.25) is 14.5 Å². The van der Waals surface area contributed by atoms with Crippen LogP contribution in [0.1, 0.15) is 62.9 Å². The van der Waals surface area contributed by atoms with Crippen LogP contribution in [0.2, 0.25) is 0 Å². The third kappa shape index (κ3) is 4.94.